The minimum Gasteiger partial charge on any atom is -0.394 e. The Morgan fingerprint density at radius 1 is 1.09 bits per heavy atom. The first-order chi connectivity index (χ1) is 20.9. The molecule has 2 aliphatic heterocycles. The molecule has 0 saturated carbocycles. The molecule has 0 radical (unpaired) electrons. The molecule has 0 aromatic carbocycles. The van der Waals surface area contributed by atoms with E-state index in [9.17, 15) is 23.8 Å². The van der Waals surface area contributed by atoms with Crippen LogP contribution in [0.1, 0.15) is 12.5 Å². The van der Waals surface area contributed by atoms with Crippen LogP contribution in [0.5, 0.6) is 0 Å². The molecule has 0 spiro atoms. The molecule has 238 valence electrons. The fourth-order valence-corrected chi connectivity index (χ4v) is 8.33. The number of alkyl halides is 2. The number of anilines is 1. The number of aliphatic hydroxyl groups excluding tert-OH is 1. The largest absolute Gasteiger partial charge is 0.394 e. The number of halogens is 2. The van der Waals surface area contributed by atoms with Gasteiger partial charge in [0.15, 0.2) is 41.0 Å². The van der Waals surface area contributed by atoms with Crippen molar-refractivity contribution in [2.24, 2.45) is 0 Å². The topological polar surface area (TPSA) is 270 Å². The Hall–Kier alpha value is -2.82. The minimum atomic E-state index is -4.49. The summed E-state index contributed by atoms with van der Waals surface area (Å²) in [5, 5.41) is 24.6. The maximum atomic E-state index is 15.7. The third kappa shape index (κ3) is 5.36. The average molecular weight is 700 g/mol. The molecule has 6 heterocycles. The Morgan fingerprint density at radius 2 is 1.75 bits per heavy atom. The fourth-order valence-electron chi connectivity index (χ4n) is 4.92. The van der Waals surface area contributed by atoms with Crippen molar-refractivity contribution in [1.29, 1.82) is 0 Å². The molecule has 20 nitrogen and oxygen atoms in total. The molecular formula is C18H21F2N11O9P2S2. The molecular weight excluding hydrogens is 678 g/mol. The van der Waals surface area contributed by atoms with E-state index in [0.29, 0.717) is 0 Å². The Bertz CT molecular complexity index is 1910. The lowest BCUT2D eigenvalue weighted by atomic mass is 10.1. The highest BCUT2D eigenvalue weighted by Crippen LogP contribution is 2.64. The molecule has 26 heteroatoms. The van der Waals surface area contributed by atoms with E-state index in [0.717, 1.165) is 15.7 Å². The van der Waals surface area contributed by atoms with Gasteiger partial charge in [0.25, 0.3) is 17.7 Å². The van der Waals surface area contributed by atoms with Crippen LogP contribution in [-0.2, 0) is 27.7 Å². The molecule has 44 heavy (non-hydrogen) atoms. The summed E-state index contributed by atoms with van der Waals surface area (Å²) in [4.78, 5) is 36.6. The first kappa shape index (κ1) is 31.2. The number of H-pyrrole nitrogens is 2. The Kier molecular flexibility index (Phi) is 8.39. The summed E-state index contributed by atoms with van der Waals surface area (Å²) < 4.78 is 80.7. The highest BCUT2D eigenvalue weighted by atomic mass is 32.7. The number of aromatic nitrogens is 10. The second kappa shape index (κ2) is 11.8. The van der Waals surface area contributed by atoms with Crippen LogP contribution >= 0.6 is 38.3 Å². The van der Waals surface area contributed by atoms with E-state index in [1.807, 2.05) is 0 Å². The summed E-state index contributed by atoms with van der Waals surface area (Å²) in [6.45, 7) is -6.11. The zero-order valence-corrected chi connectivity index (χ0v) is 25.3. The van der Waals surface area contributed by atoms with Gasteiger partial charge in [-0.1, -0.05) is 34.9 Å². The van der Waals surface area contributed by atoms with Crippen LogP contribution in [0.4, 0.5) is 14.7 Å². The normalized spacial score (nSPS) is 31.1. The Labute approximate surface area is 252 Å². The number of nitrogens with two attached hydrogens (primary N) is 1. The van der Waals surface area contributed by atoms with Crippen LogP contribution in [0, 0.1) is 0 Å². The predicted octanol–water partition coefficient (Wildman–Crippen LogP) is -0.699. The molecule has 2 fully saturated rings. The Balaban J connectivity index is 1.29. The van der Waals surface area contributed by atoms with Gasteiger partial charge in [-0.15, -0.1) is 10.2 Å². The van der Waals surface area contributed by atoms with E-state index in [2.05, 4.69) is 65.1 Å². The van der Waals surface area contributed by atoms with Gasteiger partial charge in [-0.25, -0.2) is 13.8 Å². The molecule has 2 aliphatic rings. The number of ether oxygens (including phenoxy) is 2. The smallest absolute Gasteiger partial charge is 0.282 e. The molecule has 5 N–H and O–H groups in total. The van der Waals surface area contributed by atoms with Crippen LogP contribution in [0.2, 0.25) is 0 Å². The SMILES string of the molecule is Nc1nc2c(nnn2[C@@H]2O[C@H](CO)[C@@H](F)[C@H]2P(=O)(S)OC[C@H]2O[C@@H](n3nnc4c(=O)[nH]cnc43)[C@@H](F)[C@@H]2O[PH](=O)S)c(=O)[nH]1. The van der Waals surface area contributed by atoms with E-state index in [4.69, 9.17) is 24.3 Å². The van der Waals surface area contributed by atoms with Crippen LogP contribution in [0.25, 0.3) is 22.3 Å². The molecule has 0 amide bonds. The van der Waals surface area contributed by atoms with Gasteiger partial charge >= 0.3 is 0 Å². The molecule has 4 aromatic heterocycles. The zero-order chi connectivity index (χ0) is 31.5. The molecule has 10 atom stereocenters. The number of nitrogens with zero attached hydrogens (tertiary/aromatic N) is 8. The first-order valence-electron chi connectivity index (χ1n) is 12.4. The maximum Gasteiger partial charge on any atom is 0.282 e. The summed E-state index contributed by atoms with van der Waals surface area (Å²) >= 11 is 7.81. The number of thiol groups is 2. The number of nitrogens with one attached hydrogen (secondary N) is 2. The van der Waals surface area contributed by atoms with Gasteiger partial charge in [0, 0.05) is 0 Å². The average Bonchev–Trinajstić information content (AvgIpc) is 3.72. The van der Waals surface area contributed by atoms with Crippen LogP contribution < -0.4 is 16.9 Å². The number of aliphatic hydroxyl groups is 1. The lowest BCUT2D eigenvalue weighted by Crippen LogP contribution is -2.34. The molecule has 0 bridgehead atoms. The molecule has 6 rings (SSSR count). The fraction of sp³-hybridized carbons (Fsp3) is 0.556. The number of hydrogen-bond acceptors (Lipinski definition) is 16. The standard InChI is InChI=1S/C18H21F2N11O9P2S2/c19-6-4(1-32)38-17(31-13-9(27-29-31)15(34)25-18(21)24-13)11(6)42(36,44)37-2-5-10(40-41(35)43)7(20)16(39-5)30-12-8(26-28-30)14(33)23-3-22-12/h3-7,10-11,16-17,32,41H,1-2H2,(H,35,43)(H,36,44)(H,22,23,33)(H3,21,24,25,34)/t4-,5-,6-,7+,10-,11-,16-,17-,42?/m1/s1. The summed E-state index contributed by atoms with van der Waals surface area (Å²) in [5.41, 5.74) is 1.50. The lowest BCUT2D eigenvalue weighted by Gasteiger charge is -2.26. The monoisotopic (exact) mass is 699 g/mol. The number of hydrogen-bond donors (Lipinski definition) is 6. The van der Waals surface area contributed by atoms with Gasteiger partial charge in [0.1, 0.15) is 30.1 Å². The highest BCUT2D eigenvalue weighted by Gasteiger charge is 2.57. The van der Waals surface area contributed by atoms with Crippen molar-refractivity contribution < 1.29 is 41.5 Å². The van der Waals surface area contributed by atoms with Crippen molar-refractivity contribution in [2.45, 2.75) is 48.8 Å². The van der Waals surface area contributed by atoms with Crippen molar-refractivity contribution in [2.75, 3.05) is 18.9 Å². The zero-order valence-electron chi connectivity index (χ0n) is 21.6. The van der Waals surface area contributed by atoms with Crippen LogP contribution in [0.15, 0.2) is 15.9 Å². The second-order valence-corrected chi connectivity index (χ2v) is 15.0. The number of fused-ring (bicyclic) bond motifs is 2. The van der Waals surface area contributed by atoms with Gasteiger partial charge in [0.2, 0.25) is 13.2 Å². The third-order valence-corrected chi connectivity index (χ3v) is 10.6. The quantitative estimate of drug-likeness (QED) is 0.0931. The molecule has 2 saturated heterocycles. The number of rotatable bonds is 9. The van der Waals surface area contributed by atoms with Gasteiger partial charge in [-0.3, -0.25) is 23.7 Å². The Morgan fingerprint density at radius 3 is 2.43 bits per heavy atom. The first-order valence-corrected chi connectivity index (χ1v) is 17.8. The van der Waals surface area contributed by atoms with E-state index < -0.39 is 86.9 Å². The number of nitrogen functional groups attached to an aromatic ring is 1. The molecule has 4 aromatic rings. The van der Waals surface area contributed by atoms with Gasteiger partial charge in [0.05, 0.1) is 19.5 Å². The van der Waals surface area contributed by atoms with E-state index in [-0.39, 0.29) is 28.3 Å². The highest BCUT2D eigenvalue weighted by molar-refractivity contribution is 8.46. The summed E-state index contributed by atoms with van der Waals surface area (Å²) in [5.74, 6) is -0.329. The summed E-state index contributed by atoms with van der Waals surface area (Å²) in [6, 6.07) is 0. The van der Waals surface area contributed by atoms with E-state index >= 15 is 8.78 Å². The third-order valence-electron chi connectivity index (χ3n) is 6.87. The van der Waals surface area contributed by atoms with E-state index in [1.165, 1.54) is 0 Å². The van der Waals surface area contributed by atoms with Crippen LogP contribution in [-0.4, -0.2) is 105 Å². The van der Waals surface area contributed by atoms with Crippen molar-refractivity contribution in [3.63, 3.8) is 0 Å². The summed E-state index contributed by atoms with van der Waals surface area (Å²) in [7, 11) is -3.08. The minimum absolute atomic E-state index is 0.144. The predicted molar refractivity (Wildman–Crippen MR) is 150 cm³/mol. The van der Waals surface area contributed by atoms with Crippen molar-refractivity contribution in [1.82, 2.24) is 49.9 Å². The van der Waals surface area contributed by atoms with Gasteiger partial charge in [-0.2, -0.15) is 14.3 Å². The van der Waals surface area contributed by atoms with Crippen molar-refractivity contribution in [3.05, 3.63) is 27.0 Å². The van der Waals surface area contributed by atoms with Crippen molar-refractivity contribution in [3.8, 4) is 0 Å². The van der Waals surface area contributed by atoms with E-state index in [1.54, 1.807) is 0 Å². The van der Waals surface area contributed by atoms with Gasteiger partial charge in [-0.05, 0) is 0 Å². The van der Waals surface area contributed by atoms with Gasteiger partial charge < -0.3 is 34.3 Å². The second-order valence-electron chi connectivity index (χ2n) is 9.50. The number of aromatic amines is 2. The lowest BCUT2D eigenvalue weighted by molar-refractivity contribution is -0.0450. The van der Waals surface area contributed by atoms with Crippen LogP contribution in [0.3, 0.4) is 0 Å². The maximum absolute atomic E-state index is 15.7. The van der Waals surface area contributed by atoms with Crippen molar-refractivity contribution >= 4 is 66.6 Å². The summed E-state index contributed by atoms with van der Waals surface area (Å²) in [6.07, 6.45) is -11.1. The molecule has 2 unspecified atom stereocenters. The molecule has 0 aliphatic carbocycles.